The summed E-state index contributed by atoms with van der Waals surface area (Å²) < 4.78 is 39.1. The highest BCUT2D eigenvalue weighted by molar-refractivity contribution is 5.95. The fourth-order valence-corrected chi connectivity index (χ4v) is 2.73. The largest absolute Gasteiger partial charge is 0.418 e. The minimum atomic E-state index is -4.57. The standard InChI is InChI=1S/C21H24F3N3O2/c1-4-27(12-19(28)25-16-10-9-14(2)15(3)11-16)13-20(29)26-18-8-6-5-7-17(18)21(22,23)24/h5-11H,4,12-13H2,1-3H3,(H,25,28)(H,26,29). The van der Waals surface area contributed by atoms with Crippen LogP contribution in [0.5, 0.6) is 0 Å². The van der Waals surface area contributed by atoms with Crippen LogP contribution in [0.25, 0.3) is 0 Å². The van der Waals surface area contributed by atoms with Gasteiger partial charge in [0.2, 0.25) is 11.8 Å². The Kier molecular flexibility index (Phi) is 7.39. The van der Waals surface area contributed by atoms with Gasteiger partial charge in [-0.3, -0.25) is 14.5 Å². The first-order valence-electron chi connectivity index (χ1n) is 9.15. The topological polar surface area (TPSA) is 61.4 Å². The number of anilines is 2. The van der Waals surface area contributed by atoms with Crippen LogP contribution in [-0.2, 0) is 15.8 Å². The van der Waals surface area contributed by atoms with Crippen LogP contribution in [0.1, 0.15) is 23.6 Å². The lowest BCUT2D eigenvalue weighted by Gasteiger charge is -2.20. The minimum absolute atomic E-state index is 0.0578. The second-order valence-corrected chi connectivity index (χ2v) is 6.74. The van der Waals surface area contributed by atoms with Gasteiger partial charge in [0.1, 0.15) is 0 Å². The van der Waals surface area contributed by atoms with Crippen molar-refractivity contribution in [2.24, 2.45) is 0 Å². The van der Waals surface area contributed by atoms with E-state index < -0.39 is 17.6 Å². The van der Waals surface area contributed by atoms with Gasteiger partial charge in [-0.05, 0) is 55.8 Å². The van der Waals surface area contributed by atoms with Gasteiger partial charge in [0.05, 0.1) is 24.3 Å². The van der Waals surface area contributed by atoms with E-state index in [-0.39, 0.29) is 24.7 Å². The van der Waals surface area contributed by atoms with E-state index in [1.54, 1.807) is 17.9 Å². The maximum absolute atomic E-state index is 13.0. The number of benzene rings is 2. The molecule has 8 heteroatoms. The maximum atomic E-state index is 13.0. The van der Waals surface area contributed by atoms with Crippen molar-refractivity contribution in [3.63, 3.8) is 0 Å². The van der Waals surface area contributed by atoms with Gasteiger partial charge in [0, 0.05) is 5.69 Å². The Morgan fingerprint density at radius 1 is 0.931 bits per heavy atom. The number of rotatable bonds is 7. The molecule has 0 aliphatic heterocycles. The molecule has 0 saturated heterocycles. The first-order chi connectivity index (χ1) is 13.6. The van der Waals surface area contributed by atoms with Crippen LogP contribution in [-0.4, -0.2) is 36.3 Å². The molecular formula is C21H24F3N3O2. The normalized spacial score (nSPS) is 11.4. The van der Waals surface area contributed by atoms with Gasteiger partial charge in [-0.15, -0.1) is 0 Å². The fraction of sp³-hybridized carbons (Fsp3) is 0.333. The Hall–Kier alpha value is -2.87. The molecule has 0 aliphatic carbocycles. The number of nitrogens with one attached hydrogen (secondary N) is 2. The third-order valence-corrected chi connectivity index (χ3v) is 4.48. The van der Waals surface area contributed by atoms with E-state index in [0.717, 1.165) is 17.2 Å². The van der Waals surface area contributed by atoms with E-state index in [4.69, 9.17) is 0 Å². The van der Waals surface area contributed by atoms with Crippen molar-refractivity contribution in [2.75, 3.05) is 30.3 Å². The molecule has 5 nitrogen and oxygen atoms in total. The summed E-state index contributed by atoms with van der Waals surface area (Å²) in [5, 5.41) is 5.05. The molecular weight excluding hydrogens is 383 g/mol. The van der Waals surface area contributed by atoms with E-state index in [1.807, 2.05) is 26.0 Å². The second-order valence-electron chi connectivity index (χ2n) is 6.74. The lowest BCUT2D eigenvalue weighted by atomic mass is 10.1. The Balaban J connectivity index is 1.96. The summed E-state index contributed by atoms with van der Waals surface area (Å²) in [5.74, 6) is -0.930. The molecule has 29 heavy (non-hydrogen) atoms. The number of carbonyl (C=O) groups is 2. The lowest BCUT2D eigenvalue weighted by molar-refractivity contribution is -0.137. The average Bonchev–Trinajstić information content (AvgIpc) is 2.63. The highest BCUT2D eigenvalue weighted by Gasteiger charge is 2.33. The number of para-hydroxylation sites is 1. The summed E-state index contributed by atoms with van der Waals surface area (Å²) in [4.78, 5) is 26.0. The minimum Gasteiger partial charge on any atom is -0.325 e. The Labute approximate surface area is 167 Å². The van der Waals surface area contributed by atoms with Gasteiger partial charge in [0.15, 0.2) is 0 Å². The lowest BCUT2D eigenvalue weighted by Crippen LogP contribution is -2.38. The predicted octanol–water partition coefficient (Wildman–Crippen LogP) is 4.22. The molecule has 0 aromatic heterocycles. The molecule has 2 aromatic rings. The molecule has 0 radical (unpaired) electrons. The third kappa shape index (κ3) is 6.60. The number of amides is 2. The van der Waals surface area contributed by atoms with Crippen LogP contribution < -0.4 is 10.6 Å². The van der Waals surface area contributed by atoms with Crippen molar-refractivity contribution in [3.8, 4) is 0 Å². The molecule has 0 saturated carbocycles. The molecule has 0 bridgehead atoms. The number of aryl methyl sites for hydroxylation is 2. The fourth-order valence-electron chi connectivity index (χ4n) is 2.73. The molecule has 0 unspecified atom stereocenters. The van der Waals surface area contributed by atoms with Crippen LogP contribution in [0, 0.1) is 13.8 Å². The summed E-state index contributed by atoms with van der Waals surface area (Å²) in [6.45, 7) is 5.79. The van der Waals surface area contributed by atoms with Crippen molar-refractivity contribution in [2.45, 2.75) is 26.9 Å². The zero-order valence-electron chi connectivity index (χ0n) is 16.6. The highest BCUT2D eigenvalue weighted by atomic mass is 19.4. The van der Waals surface area contributed by atoms with Crippen LogP contribution in [0.4, 0.5) is 24.5 Å². The maximum Gasteiger partial charge on any atom is 0.418 e. The van der Waals surface area contributed by atoms with Gasteiger partial charge < -0.3 is 10.6 Å². The van der Waals surface area contributed by atoms with Gasteiger partial charge >= 0.3 is 6.18 Å². The van der Waals surface area contributed by atoms with Gasteiger partial charge in [-0.2, -0.15) is 13.2 Å². The van der Waals surface area contributed by atoms with E-state index in [9.17, 15) is 22.8 Å². The van der Waals surface area contributed by atoms with Crippen molar-refractivity contribution >= 4 is 23.2 Å². The Morgan fingerprint density at radius 2 is 1.55 bits per heavy atom. The molecule has 0 heterocycles. The number of hydrogen-bond donors (Lipinski definition) is 2. The molecule has 2 amide bonds. The van der Waals surface area contributed by atoms with E-state index in [1.165, 1.54) is 18.2 Å². The van der Waals surface area contributed by atoms with E-state index in [2.05, 4.69) is 10.6 Å². The number of alkyl halides is 3. The highest BCUT2D eigenvalue weighted by Crippen LogP contribution is 2.34. The first-order valence-corrected chi connectivity index (χ1v) is 9.15. The molecule has 0 atom stereocenters. The molecule has 2 rings (SSSR count). The summed E-state index contributed by atoms with van der Waals surface area (Å²) in [6.07, 6.45) is -4.57. The monoisotopic (exact) mass is 407 g/mol. The molecule has 156 valence electrons. The zero-order chi connectivity index (χ0) is 21.6. The number of likely N-dealkylation sites (N-methyl/N-ethyl adjacent to an activating group) is 1. The number of carbonyl (C=O) groups excluding carboxylic acids is 2. The third-order valence-electron chi connectivity index (χ3n) is 4.48. The molecule has 0 spiro atoms. The number of halogens is 3. The van der Waals surface area contributed by atoms with Crippen LogP contribution in [0.2, 0.25) is 0 Å². The first kappa shape index (κ1) is 22.4. The van der Waals surface area contributed by atoms with Gasteiger partial charge in [-0.1, -0.05) is 25.1 Å². The molecule has 0 aliphatic rings. The predicted molar refractivity (Wildman–Crippen MR) is 107 cm³/mol. The second kappa shape index (κ2) is 9.56. The average molecular weight is 407 g/mol. The zero-order valence-corrected chi connectivity index (χ0v) is 16.6. The quantitative estimate of drug-likeness (QED) is 0.722. The summed E-state index contributed by atoms with van der Waals surface area (Å²) in [6, 6.07) is 10.3. The SMILES string of the molecule is CCN(CC(=O)Nc1ccc(C)c(C)c1)CC(=O)Nc1ccccc1C(F)(F)F. The molecule has 2 N–H and O–H groups in total. The summed E-state index contributed by atoms with van der Waals surface area (Å²) >= 11 is 0. The van der Waals surface area contributed by atoms with Gasteiger partial charge in [-0.25, -0.2) is 0 Å². The van der Waals surface area contributed by atoms with Crippen molar-refractivity contribution in [3.05, 3.63) is 59.2 Å². The van der Waals surface area contributed by atoms with Crippen LogP contribution in [0.15, 0.2) is 42.5 Å². The Morgan fingerprint density at radius 3 is 2.14 bits per heavy atom. The summed E-state index contributed by atoms with van der Waals surface area (Å²) in [5.41, 5.74) is 1.58. The Bertz CT molecular complexity index is 882. The van der Waals surface area contributed by atoms with Gasteiger partial charge in [0.25, 0.3) is 0 Å². The molecule has 2 aromatic carbocycles. The van der Waals surface area contributed by atoms with Crippen molar-refractivity contribution < 1.29 is 22.8 Å². The van der Waals surface area contributed by atoms with E-state index in [0.29, 0.717) is 12.2 Å². The van der Waals surface area contributed by atoms with Crippen molar-refractivity contribution in [1.82, 2.24) is 4.90 Å². The smallest absolute Gasteiger partial charge is 0.325 e. The van der Waals surface area contributed by atoms with Crippen molar-refractivity contribution in [1.29, 1.82) is 0 Å². The van der Waals surface area contributed by atoms with Crippen LogP contribution in [0.3, 0.4) is 0 Å². The molecule has 0 fully saturated rings. The van der Waals surface area contributed by atoms with Crippen LogP contribution >= 0.6 is 0 Å². The number of hydrogen-bond acceptors (Lipinski definition) is 3. The number of nitrogens with zero attached hydrogens (tertiary/aromatic N) is 1. The van der Waals surface area contributed by atoms with E-state index >= 15 is 0 Å². The summed E-state index contributed by atoms with van der Waals surface area (Å²) in [7, 11) is 0.